The van der Waals surface area contributed by atoms with E-state index in [1.165, 1.54) is 0 Å². The van der Waals surface area contributed by atoms with E-state index in [2.05, 4.69) is 0 Å². The number of rotatable bonds is 3. The summed E-state index contributed by atoms with van der Waals surface area (Å²) in [7, 11) is 0. The van der Waals surface area contributed by atoms with Crippen LogP contribution in [-0.4, -0.2) is 35.8 Å². The predicted octanol–water partition coefficient (Wildman–Crippen LogP) is 3.15. The summed E-state index contributed by atoms with van der Waals surface area (Å²) in [6, 6.07) is 16.3. The topological polar surface area (TPSA) is 40.6 Å². The van der Waals surface area contributed by atoms with Gasteiger partial charge in [0.1, 0.15) is 6.04 Å². The van der Waals surface area contributed by atoms with Crippen LogP contribution < -0.4 is 4.90 Å². The van der Waals surface area contributed by atoms with Gasteiger partial charge >= 0.3 is 0 Å². The van der Waals surface area contributed by atoms with Gasteiger partial charge < -0.3 is 9.80 Å². The molecule has 1 unspecified atom stereocenters. The highest BCUT2D eigenvalue weighted by molar-refractivity contribution is 6.30. The van der Waals surface area contributed by atoms with E-state index in [-0.39, 0.29) is 11.8 Å². The molecule has 1 heterocycles. The van der Waals surface area contributed by atoms with Crippen LogP contribution >= 0.6 is 11.6 Å². The minimum Gasteiger partial charge on any atom is -0.329 e. The number of hydrogen-bond donors (Lipinski definition) is 0. The molecular formula is C19H19ClN2O2. The number of carbonyl (C=O) groups excluding carboxylic acids is 2. The van der Waals surface area contributed by atoms with Crippen LogP contribution in [0.25, 0.3) is 0 Å². The first-order valence-electron chi connectivity index (χ1n) is 7.96. The molecule has 124 valence electrons. The molecule has 1 fully saturated rings. The molecule has 5 heteroatoms. The second-order valence-corrected chi connectivity index (χ2v) is 6.33. The van der Waals surface area contributed by atoms with Crippen molar-refractivity contribution in [3.05, 3.63) is 65.2 Å². The van der Waals surface area contributed by atoms with Crippen LogP contribution in [0.5, 0.6) is 0 Å². The lowest BCUT2D eigenvalue weighted by Crippen LogP contribution is -2.58. The normalized spacial score (nSPS) is 17.9. The smallest absolute Gasteiger partial charge is 0.249 e. The average Bonchev–Trinajstić information content (AvgIpc) is 2.59. The van der Waals surface area contributed by atoms with Crippen molar-refractivity contribution in [3.63, 3.8) is 0 Å². The second kappa shape index (κ2) is 7.05. The number of amides is 2. The third-order valence-electron chi connectivity index (χ3n) is 4.31. The molecule has 1 aliphatic heterocycles. The first-order valence-corrected chi connectivity index (χ1v) is 8.34. The Labute approximate surface area is 146 Å². The maximum atomic E-state index is 12.7. The summed E-state index contributed by atoms with van der Waals surface area (Å²) < 4.78 is 0. The molecule has 1 atom stereocenters. The summed E-state index contributed by atoms with van der Waals surface area (Å²) in [4.78, 5) is 28.6. The molecule has 2 amide bonds. The molecule has 2 aromatic rings. The lowest BCUT2D eigenvalue weighted by Gasteiger charge is -2.39. The Hall–Kier alpha value is -2.33. The van der Waals surface area contributed by atoms with Crippen molar-refractivity contribution in [2.75, 3.05) is 18.0 Å². The van der Waals surface area contributed by atoms with Crippen LogP contribution in [0, 0.1) is 0 Å². The second-order valence-electron chi connectivity index (χ2n) is 5.89. The number of hydrogen-bond acceptors (Lipinski definition) is 2. The number of piperazine rings is 1. The van der Waals surface area contributed by atoms with Crippen LogP contribution in [-0.2, 0) is 16.0 Å². The summed E-state index contributed by atoms with van der Waals surface area (Å²) in [5.74, 6) is -0.0807. The Morgan fingerprint density at radius 3 is 2.42 bits per heavy atom. The number of carbonyl (C=O) groups is 2. The van der Waals surface area contributed by atoms with E-state index >= 15 is 0 Å². The molecule has 2 aromatic carbocycles. The van der Waals surface area contributed by atoms with Gasteiger partial charge in [0, 0.05) is 23.8 Å². The molecule has 0 radical (unpaired) electrons. The van der Waals surface area contributed by atoms with Crippen LogP contribution in [0.15, 0.2) is 54.6 Å². The fourth-order valence-electron chi connectivity index (χ4n) is 2.96. The van der Waals surface area contributed by atoms with Gasteiger partial charge in [-0.3, -0.25) is 9.59 Å². The monoisotopic (exact) mass is 342 g/mol. The van der Waals surface area contributed by atoms with Crippen molar-refractivity contribution in [2.45, 2.75) is 19.4 Å². The molecule has 24 heavy (non-hydrogen) atoms. The molecular weight excluding hydrogens is 324 g/mol. The lowest BCUT2D eigenvalue weighted by atomic mass is 10.1. The van der Waals surface area contributed by atoms with Gasteiger partial charge in [-0.15, -0.1) is 0 Å². The molecule has 1 aliphatic rings. The zero-order valence-electron chi connectivity index (χ0n) is 13.5. The molecule has 0 aliphatic carbocycles. The molecule has 0 N–H and O–H groups in total. The highest BCUT2D eigenvalue weighted by atomic mass is 35.5. The quantitative estimate of drug-likeness (QED) is 0.859. The molecule has 0 saturated carbocycles. The van der Waals surface area contributed by atoms with Crippen molar-refractivity contribution in [3.8, 4) is 0 Å². The predicted molar refractivity (Wildman–Crippen MR) is 95.1 cm³/mol. The highest BCUT2D eigenvalue weighted by Crippen LogP contribution is 2.23. The van der Waals surface area contributed by atoms with Crippen molar-refractivity contribution in [2.24, 2.45) is 0 Å². The van der Waals surface area contributed by atoms with Gasteiger partial charge in [-0.05, 0) is 36.8 Å². The van der Waals surface area contributed by atoms with Crippen LogP contribution in [0.4, 0.5) is 5.69 Å². The zero-order valence-corrected chi connectivity index (χ0v) is 14.2. The minimum absolute atomic E-state index is 0.0159. The van der Waals surface area contributed by atoms with E-state index in [0.29, 0.717) is 24.5 Å². The third kappa shape index (κ3) is 3.44. The zero-order chi connectivity index (χ0) is 17.1. The fourth-order valence-corrected chi connectivity index (χ4v) is 3.09. The molecule has 3 rings (SSSR count). The highest BCUT2D eigenvalue weighted by Gasteiger charge is 2.34. The summed E-state index contributed by atoms with van der Waals surface area (Å²) in [5, 5.41) is 0.635. The van der Waals surface area contributed by atoms with Crippen molar-refractivity contribution in [1.82, 2.24) is 4.90 Å². The molecule has 1 saturated heterocycles. The summed E-state index contributed by atoms with van der Waals surface area (Å²) in [5.41, 5.74) is 1.77. The van der Waals surface area contributed by atoms with Gasteiger partial charge in [0.15, 0.2) is 0 Å². The Bertz CT molecular complexity index is 731. The van der Waals surface area contributed by atoms with Gasteiger partial charge in [0.2, 0.25) is 11.8 Å². The minimum atomic E-state index is -0.467. The largest absolute Gasteiger partial charge is 0.329 e. The molecule has 4 nitrogen and oxygen atoms in total. The molecule has 0 bridgehead atoms. The lowest BCUT2D eigenvalue weighted by molar-refractivity contribution is -0.140. The summed E-state index contributed by atoms with van der Waals surface area (Å²) in [6.07, 6.45) is 0.319. The van der Waals surface area contributed by atoms with E-state index < -0.39 is 6.04 Å². The number of nitrogens with zero attached hydrogens (tertiary/aromatic N) is 2. The maximum absolute atomic E-state index is 12.7. The Morgan fingerprint density at radius 1 is 1.08 bits per heavy atom. The average molecular weight is 343 g/mol. The fraction of sp³-hybridized carbons (Fsp3) is 0.263. The van der Waals surface area contributed by atoms with Gasteiger partial charge in [-0.2, -0.15) is 0 Å². The van der Waals surface area contributed by atoms with Crippen molar-refractivity contribution in [1.29, 1.82) is 0 Å². The summed E-state index contributed by atoms with van der Waals surface area (Å²) >= 11 is 5.90. The standard InChI is InChI=1S/C19H19ClN2O2/c1-14-19(24)22(17-9-7-16(20)8-10-17)12-11-21(14)18(23)13-15-5-3-2-4-6-15/h2-10,14H,11-13H2,1H3. The SMILES string of the molecule is CC1C(=O)N(c2ccc(Cl)cc2)CCN1C(=O)Cc1ccccc1. The van der Waals surface area contributed by atoms with E-state index in [9.17, 15) is 9.59 Å². The number of anilines is 1. The molecule has 0 spiro atoms. The molecule has 0 aromatic heterocycles. The van der Waals surface area contributed by atoms with Crippen LogP contribution in [0.3, 0.4) is 0 Å². The van der Waals surface area contributed by atoms with E-state index in [0.717, 1.165) is 11.3 Å². The third-order valence-corrected chi connectivity index (χ3v) is 4.56. The van der Waals surface area contributed by atoms with Gasteiger partial charge in [0.25, 0.3) is 0 Å². The Balaban J connectivity index is 1.70. The van der Waals surface area contributed by atoms with E-state index in [4.69, 9.17) is 11.6 Å². The van der Waals surface area contributed by atoms with E-state index in [1.807, 2.05) is 42.5 Å². The van der Waals surface area contributed by atoms with Crippen molar-refractivity contribution < 1.29 is 9.59 Å². The number of benzene rings is 2. The van der Waals surface area contributed by atoms with Crippen LogP contribution in [0.1, 0.15) is 12.5 Å². The Kier molecular flexibility index (Phi) is 4.86. The maximum Gasteiger partial charge on any atom is 0.249 e. The van der Waals surface area contributed by atoms with E-state index in [1.54, 1.807) is 28.9 Å². The van der Waals surface area contributed by atoms with Gasteiger partial charge in [-0.25, -0.2) is 0 Å². The summed E-state index contributed by atoms with van der Waals surface area (Å²) in [6.45, 7) is 2.81. The van der Waals surface area contributed by atoms with Crippen LogP contribution in [0.2, 0.25) is 5.02 Å². The Morgan fingerprint density at radius 2 is 1.75 bits per heavy atom. The van der Waals surface area contributed by atoms with Gasteiger partial charge in [0.05, 0.1) is 6.42 Å². The first kappa shape index (κ1) is 16.5. The number of halogens is 1. The first-order chi connectivity index (χ1) is 11.6. The van der Waals surface area contributed by atoms with Gasteiger partial charge in [-0.1, -0.05) is 41.9 Å². The van der Waals surface area contributed by atoms with Crippen molar-refractivity contribution >= 4 is 29.1 Å².